The van der Waals surface area contributed by atoms with E-state index in [1.54, 1.807) is 0 Å². The number of hydrogen-bond acceptors (Lipinski definition) is 5. The van der Waals surface area contributed by atoms with Crippen molar-refractivity contribution in [3.8, 4) is 0 Å². The number of carbonyl (C=O) groups excluding carboxylic acids is 1. The van der Waals surface area contributed by atoms with Crippen LogP contribution in [-0.4, -0.2) is 71.4 Å². The van der Waals surface area contributed by atoms with Crippen molar-refractivity contribution in [1.82, 2.24) is 10.2 Å². The molecule has 21 heavy (non-hydrogen) atoms. The summed E-state index contributed by atoms with van der Waals surface area (Å²) in [6.07, 6.45) is 5.28. The van der Waals surface area contributed by atoms with Crippen molar-refractivity contribution in [3.05, 3.63) is 24.7 Å². The van der Waals surface area contributed by atoms with Crippen molar-refractivity contribution in [2.45, 2.75) is 31.0 Å². The summed E-state index contributed by atoms with van der Waals surface area (Å²) >= 11 is 0. The molecule has 1 unspecified atom stereocenters. The van der Waals surface area contributed by atoms with Crippen molar-refractivity contribution in [3.63, 3.8) is 0 Å². The summed E-state index contributed by atoms with van der Waals surface area (Å²) in [5.41, 5.74) is 0. The molecular formula is C14H23N2O4P. The predicted molar refractivity (Wildman–Crippen MR) is 84.3 cm³/mol. The van der Waals surface area contributed by atoms with Gasteiger partial charge in [0.05, 0.1) is 6.10 Å². The van der Waals surface area contributed by atoms with Crippen LogP contribution in [0.4, 0.5) is 0 Å². The van der Waals surface area contributed by atoms with Gasteiger partial charge in [0.15, 0.2) is 6.23 Å². The van der Waals surface area contributed by atoms with Crippen molar-refractivity contribution in [2.75, 3.05) is 19.5 Å². The predicted octanol–water partition coefficient (Wildman–Crippen LogP) is -0.0509. The van der Waals surface area contributed by atoms with E-state index in [4.69, 9.17) is 4.74 Å². The Morgan fingerprint density at radius 1 is 1.43 bits per heavy atom. The molecule has 4 atom stereocenters. The molecule has 2 aliphatic rings. The van der Waals surface area contributed by atoms with Gasteiger partial charge in [-0.3, -0.25) is 4.79 Å². The number of nitrogens with one attached hydrogen (secondary N) is 1. The van der Waals surface area contributed by atoms with Crippen molar-refractivity contribution >= 4 is 19.1 Å². The Morgan fingerprint density at radius 3 is 2.67 bits per heavy atom. The summed E-state index contributed by atoms with van der Waals surface area (Å²) in [6, 6.07) is 0. The molecule has 6 nitrogen and oxygen atoms in total. The number of hydrogen-bond donors (Lipinski definition) is 3. The number of aliphatic hydroxyl groups excluding tert-OH is 2. The molecule has 2 rings (SSSR count). The first-order valence-corrected chi connectivity index (χ1v) is 9.90. The van der Waals surface area contributed by atoms with E-state index < -0.39 is 31.4 Å². The third-order valence-corrected chi connectivity index (χ3v) is 5.06. The van der Waals surface area contributed by atoms with Crippen LogP contribution < -0.4 is 5.32 Å². The van der Waals surface area contributed by atoms with Gasteiger partial charge in [0.2, 0.25) is 0 Å². The summed E-state index contributed by atoms with van der Waals surface area (Å²) in [7, 11) is 0. The molecule has 0 spiro atoms. The lowest BCUT2D eigenvalue weighted by molar-refractivity contribution is -0.118. The lowest BCUT2D eigenvalue weighted by Gasteiger charge is -2.32. The zero-order chi connectivity index (χ0) is 15.8. The van der Waals surface area contributed by atoms with E-state index in [1.807, 2.05) is 0 Å². The van der Waals surface area contributed by atoms with E-state index in [0.29, 0.717) is 12.2 Å². The minimum atomic E-state index is -1.21. The summed E-state index contributed by atoms with van der Waals surface area (Å²) < 4.78 is 5.78. The van der Waals surface area contributed by atoms with Crippen molar-refractivity contribution in [1.29, 1.82) is 0 Å². The zero-order valence-electron chi connectivity index (χ0n) is 12.4. The highest BCUT2D eigenvalue weighted by Crippen LogP contribution is 2.38. The molecule has 1 fully saturated rings. The van der Waals surface area contributed by atoms with E-state index in [1.165, 1.54) is 17.2 Å². The minimum Gasteiger partial charge on any atom is -0.388 e. The molecule has 0 saturated carbocycles. The van der Waals surface area contributed by atoms with Crippen LogP contribution in [-0.2, 0) is 9.53 Å². The fourth-order valence-electron chi connectivity index (χ4n) is 2.40. The summed E-state index contributed by atoms with van der Waals surface area (Å²) in [5.74, 6) is 0.0498. The molecule has 3 N–H and O–H groups in total. The molecule has 0 bridgehead atoms. The first-order chi connectivity index (χ1) is 9.69. The molecule has 1 saturated heterocycles. The molecule has 0 aromatic heterocycles. The number of rotatable bonds is 4. The van der Waals surface area contributed by atoms with Gasteiger partial charge in [-0.1, -0.05) is 6.58 Å². The number of amides is 1. The number of aliphatic hydroxyl groups is 2. The highest BCUT2D eigenvalue weighted by atomic mass is 31.2. The standard InChI is InChI=1S/C14H23N2O4P/c1-9-15-11(17)5-7-16(9)14-13(19)12(18)10(20-14)6-8-21(2,3)4/h5,7,10,12-14,18-19H,1-2,6,8H2,3-4H3,(H,15,17)/t10-,12-,13-,14?/m1/s1. The molecule has 118 valence electrons. The van der Waals surface area contributed by atoms with E-state index >= 15 is 0 Å². The maximum atomic E-state index is 11.2. The van der Waals surface area contributed by atoms with Crippen molar-refractivity contribution < 1.29 is 19.7 Å². The average Bonchev–Trinajstić information content (AvgIpc) is 2.64. The van der Waals surface area contributed by atoms with Crippen LogP contribution in [0.5, 0.6) is 0 Å². The second-order valence-corrected chi connectivity index (χ2v) is 10.5. The highest BCUT2D eigenvalue weighted by Gasteiger charge is 2.45. The Labute approximate surface area is 125 Å². The molecule has 2 heterocycles. The summed E-state index contributed by atoms with van der Waals surface area (Å²) in [6.45, 7) is 6.75. The summed E-state index contributed by atoms with van der Waals surface area (Å²) in [5, 5.41) is 22.9. The first-order valence-electron chi connectivity index (χ1n) is 6.84. The van der Waals surface area contributed by atoms with Gasteiger partial charge in [0.1, 0.15) is 18.0 Å². The Kier molecular flexibility index (Phi) is 4.63. The molecular weight excluding hydrogens is 291 g/mol. The third kappa shape index (κ3) is 3.77. The Balaban J connectivity index is 2.06. The van der Waals surface area contributed by atoms with Crippen LogP contribution in [0, 0.1) is 0 Å². The monoisotopic (exact) mass is 314 g/mol. The van der Waals surface area contributed by atoms with Crippen LogP contribution in [0.15, 0.2) is 24.7 Å². The van der Waals surface area contributed by atoms with E-state index in [2.05, 4.69) is 31.5 Å². The lowest BCUT2D eigenvalue weighted by atomic mass is 10.1. The van der Waals surface area contributed by atoms with Crippen LogP contribution in [0.3, 0.4) is 0 Å². The Morgan fingerprint density at radius 2 is 2.10 bits per heavy atom. The van der Waals surface area contributed by atoms with Gasteiger partial charge in [0, 0.05) is 12.3 Å². The van der Waals surface area contributed by atoms with Crippen LogP contribution in [0.25, 0.3) is 0 Å². The van der Waals surface area contributed by atoms with Gasteiger partial charge >= 0.3 is 0 Å². The quantitative estimate of drug-likeness (QED) is 0.634. The molecule has 1 amide bonds. The zero-order valence-corrected chi connectivity index (χ0v) is 13.3. The molecule has 0 aliphatic carbocycles. The van der Waals surface area contributed by atoms with E-state index in [0.717, 1.165) is 6.16 Å². The van der Waals surface area contributed by atoms with Gasteiger partial charge in [-0.25, -0.2) is 0 Å². The van der Waals surface area contributed by atoms with E-state index in [-0.39, 0.29) is 5.91 Å². The molecule has 0 radical (unpaired) electrons. The fourth-order valence-corrected chi connectivity index (χ4v) is 3.35. The SMILES string of the molecule is C=C1NC(=O)C=CN1C1O[C@H](CCP(=C)(C)C)[C@@H](O)[C@H]1O. The van der Waals surface area contributed by atoms with Gasteiger partial charge < -0.3 is 25.2 Å². The molecule has 0 aromatic carbocycles. The molecule has 0 aromatic rings. The second kappa shape index (κ2) is 5.97. The minimum absolute atomic E-state index is 0.274. The largest absolute Gasteiger partial charge is 0.388 e. The summed E-state index contributed by atoms with van der Waals surface area (Å²) in [4.78, 5) is 12.7. The molecule has 7 heteroatoms. The van der Waals surface area contributed by atoms with E-state index in [9.17, 15) is 15.0 Å². The fraction of sp³-hybridized carbons (Fsp3) is 0.571. The lowest BCUT2D eigenvalue weighted by Crippen LogP contribution is -2.46. The van der Waals surface area contributed by atoms with Gasteiger partial charge in [-0.15, -0.1) is 13.2 Å². The maximum absolute atomic E-state index is 11.2. The van der Waals surface area contributed by atoms with Crippen LogP contribution >= 0.6 is 6.89 Å². The highest BCUT2D eigenvalue weighted by molar-refractivity contribution is 7.72. The average molecular weight is 314 g/mol. The van der Waals surface area contributed by atoms with Gasteiger partial charge in [0.25, 0.3) is 5.91 Å². The molecule has 2 aliphatic heterocycles. The van der Waals surface area contributed by atoms with Crippen molar-refractivity contribution in [2.24, 2.45) is 0 Å². The Bertz CT molecular complexity index is 513. The van der Waals surface area contributed by atoms with Crippen LogP contribution in [0.1, 0.15) is 6.42 Å². The number of carbonyl (C=O) groups is 1. The van der Waals surface area contributed by atoms with Gasteiger partial charge in [-0.2, -0.15) is 0 Å². The topological polar surface area (TPSA) is 82.0 Å². The third-order valence-electron chi connectivity index (χ3n) is 3.60. The van der Waals surface area contributed by atoms with Crippen LogP contribution in [0.2, 0.25) is 0 Å². The Hall–Kier alpha value is -1.07. The maximum Gasteiger partial charge on any atom is 0.250 e. The van der Waals surface area contributed by atoms with Gasteiger partial charge in [-0.05, 0) is 25.9 Å². The number of nitrogens with zero attached hydrogens (tertiary/aromatic N) is 1. The number of ether oxygens (including phenoxy) is 1. The first kappa shape index (κ1) is 16.3. The smallest absolute Gasteiger partial charge is 0.250 e. The normalized spacial score (nSPS) is 33.4. The second-order valence-electron chi connectivity index (χ2n) is 6.15.